The van der Waals surface area contributed by atoms with Crippen LogP contribution in [-0.2, 0) is 9.59 Å². The molecule has 1 spiro atoms. The van der Waals surface area contributed by atoms with E-state index in [4.69, 9.17) is 0 Å². The number of amides is 4. The van der Waals surface area contributed by atoms with Crippen molar-refractivity contribution in [3.8, 4) is 0 Å². The molecule has 1 aliphatic carbocycles. The third kappa shape index (κ3) is 1.99. The lowest BCUT2D eigenvalue weighted by Crippen LogP contribution is -2.45. The Labute approximate surface area is 112 Å². The van der Waals surface area contributed by atoms with E-state index in [0.29, 0.717) is 12.8 Å². The van der Waals surface area contributed by atoms with Crippen molar-refractivity contribution in [1.29, 1.82) is 0 Å². The summed E-state index contributed by atoms with van der Waals surface area (Å²) in [6.45, 7) is 1.38. The second kappa shape index (κ2) is 4.51. The van der Waals surface area contributed by atoms with Gasteiger partial charge < -0.3 is 10.2 Å². The van der Waals surface area contributed by atoms with Gasteiger partial charge in [-0.3, -0.25) is 14.5 Å². The fraction of sp³-hybridized carbons (Fsp3) is 0.769. The van der Waals surface area contributed by atoms with Gasteiger partial charge in [0.2, 0.25) is 5.91 Å². The molecular weight excluding hydrogens is 246 g/mol. The topological polar surface area (TPSA) is 69.7 Å². The molecule has 19 heavy (non-hydrogen) atoms. The Balaban J connectivity index is 1.69. The first kappa shape index (κ1) is 12.4. The number of nitrogens with zero attached hydrogens (tertiary/aromatic N) is 2. The highest BCUT2D eigenvalue weighted by molar-refractivity contribution is 6.09. The first-order valence-corrected chi connectivity index (χ1v) is 7.04. The van der Waals surface area contributed by atoms with E-state index < -0.39 is 11.6 Å². The predicted octanol–water partition coefficient (Wildman–Crippen LogP) is 0.473. The molecule has 0 aromatic heterocycles. The lowest BCUT2D eigenvalue weighted by atomic mass is 9.98. The van der Waals surface area contributed by atoms with Gasteiger partial charge in [0.25, 0.3) is 5.91 Å². The summed E-state index contributed by atoms with van der Waals surface area (Å²) in [4.78, 5) is 39.2. The summed E-state index contributed by atoms with van der Waals surface area (Å²) in [5, 5.41) is 2.79. The summed E-state index contributed by atoms with van der Waals surface area (Å²) in [7, 11) is 0. The minimum absolute atomic E-state index is 0.105. The van der Waals surface area contributed by atoms with Gasteiger partial charge in [-0.1, -0.05) is 12.8 Å². The van der Waals surface area contributed by atoms with E-state index >= 15 is 0 Å². The molecule has 3 fully saturated rings. The van der Waals surface area contributed by atoms with Gasteiger partial charge in [0.05, 0.1) is 0 Å². The third-order valence-corrected chi connectivity index (χ3v) is 4.46. The van der Waals surface area contributed by atoms with Gasteiger partial charge in [-0.05, 0) is 25.7 Å². The van der Waals surface area contributed by atoms with Gasteiger partial charge in [0.1, 0.15) is 12.1 Å². The molecule has 0 unspecified atom stereocenters. The largest absolute Gasteiger partial charge is 0.341 e. The van der Waals surface area contributed by atoms with E-state index in [1.54, 1.807) is 4.90 Å². The Kier molecular flexibility index (Phi) is 2.95. The number of carbonyl (C=O) groups excluding carboxylic acids is 3. The highest BCUT2D eigenvalue weighted by Gasteiger charge is 2.52. The van der Waals surface area contributed by atoms with Crippen LogP contribution in [-0.4, -0.2) is 52.8 Å². The van der Waals surface area contributed by atoms with Crippen LogP contribution in [0.1, 0.15) is 38.5 Å². The average molecular weight is 265 g/mol. The Morgan fingerprint density at radius 3 is 2.37 bits per heavy atom. The molecule has 3 aliphatic rings. The highest BCUT2D eigenvalue weighted by atomic mass is 16.2. The second-order valence-electron chi connectivity index (χ2n) is 5.70. The SMILES string of the molecule is O=C(CN1C(=O)NC2(CCCC2)C1=O)N1CCCC1. The van der Waals surface area contributed by atoms with Gasteiger partial charge in [-0.25, -0.2) is 4.79 Å². The molecule has 0 bridgehead atoms. The Hall–Kier alpha value is -1.59. The van der Waals surface area contributed by atoms with Gasteiger partial charge in [0, 0.05) is 13.1 Å². The molecule has 0 atom stereocenters. The van der Waals surface area contributed by atoms with Gasteiger partial charge in [-0.2, -0.15) is 0 Å². The quantitative estimate of drug-likeness (QED) is 0.738. The van der Waals surface area contributed by atoms with E-state index in [2.05, 4.69) is 5.32 Å². The van der Waals surface area contributed by atoms with Crippen molar-refractivity contribution in [2.75, 3.05) is 19.6 Å². The minimum atomic E-state index is -0.706. The maximum absolute atomic E-state index is 12.4. The average Bonchev–Trinajstić information content (AvgIpc) is 3.08. The predicted molar refractivity (Wildman–Crippen MR) is 67.3 cm³/mol. The van der Waals surface area contributed by atoms with Crippen LogP contribution in [0.2, 0.25) is 0 Å². The van der Waals surface area contributed by atoms with Crippen molar-refractivity contribution in [3.05, 3.63) is 0 Å². The summed E-state index contributed by atoms with van der Waals surface area (Å²) in [6.07, 6.45) is 5.34. The van der Waals surface area contributed by atoms with E-state index in [0.717, 1.165) is 43.7 Å². The standard InChI is InChI=1S/C13H19N3O3/c17-10(15-7-3-4-8-15)9-16-11(18)13(14-12(16)19)5-1-2-6-13/h1-9H2,(H,14,19). The molecule has 0 aromatic rings. The van der Waals surface area contributed by atoms with E-state index in [9.17, 15) is 14.4 Å². The monoisotopic (exact) mass is 265 g/mol. The number of imide groups is 1. The Morgan fingerprint density at radius 1 is 1.11 bits per heavy atom. The second-order valence-corrected chi connectivity index (χ2v) is 5.70. The molecule has 2 heterocycles. The summed E-state index contributed by atoms with van der Waals surface area (Å²) in [5.41, 5.74) is -0.706. The number of hydrogen-bond acceptors (Lipinski definition) is 3. The van der Waals surface area contributed by atoms with Gasteiger partial charge >= 0.3 is 6.03 Å². The van der Waals surface area contributed by atoms with Gasteiger partial charge in [0.15, 0.2) is 0 Å². The molecule has 104 valence electrons. The lowest BCUT2D eigenvalue weighted by Gasteiger charge is -2.21. The van der Waals surface area contributed by atoms with Crippen LogP contribution in [0.5, 0.6) is 0 Å². The number of urea groups is 1. The molecule has 3 rings (SSSR count). The lowest BCUT2D eigenvalue weighted by molar-refractivity contribution is -0.138. The molecule has 6 nitrogen and oxygen atoms in total. The third-order valence-electron chi connectivity index (χ3n) is 4.46. The van der Waals surface area contributed by atoms with Crippen LogP contribution in [0, 0.1) is 0 Å². The fourth-order valence-corrected chi connectivity index (χ4v) is 3.34. The molecule has 0 radical (unpaired) electrons. The number of likely N-dealkylation sites (tertiary alicyclic amines) is 1. The maximum atomic E-state index is 12.4. The smallest absolute Gasteiger partial charge is 0.325 e. The van der Waals surface area contributed by atoms with Crippen molar-refractivity contribution in [1.82, 2.24) is 15.1 Å². The first-order chi connectivity index (χ1) is 9.12. The molecule has 2 aliphatic heterocycles. The van der Waals surface area contributed by atoms with Crippen molar-refractivity contribution < 1.29 is 14.4 Å². The van der Waals surface area contributed by atoms with E-state index in [1.807, 2.05) is 0 Å². The molecule has 2 saturated heterocycles. The van der Waals surface area contributed by atoms with Crippen LogP contribution in [0.15, 0.2) is 0 Å². The van der Waals surface area contributed by atoms with Crippen molar-refractivity contribution in [2.45, 2.75) is 44.1 Å². The van der Waals surface area contributed by atoms with Gasteiger partial charge in [-0.15, -0.1) is 0 Å². The molecule has 6 heteroatoms. The molecule has 4 amide bonds. The summed E-state index contributed by atoms with van der Waals surface area (Å²) < 4.78 is 0. The normalized spacial score (nSPS) is 25.5. The first-order valence-electron chi connectivity index (χ1n) is 7.04. The Morgan fingerprint density at radius 2 is 1.74 bits per heavy atom. The van der Waals surface area contributed by atoms with Crippen molar-refractivity contribution in [3.63, 3.8) is 0 Å². The molecule has 0 aromatic carbocycles. The van der Waals surface area contributed by atoms with Crippen LogP contribution >= 0.6 is 0 Å². The zero-order valence-electron chi connectivity index (χ0n) is 11.0. The minimum Gasteiger partial charge on any atom is -0.341 e. The van der Waals surface area contributed by atoms with E-state index in [1.165, 1.54) is 0 Å². The van der Waals surface area contributed by atoms with Crippen LogP contribution in [0.25, 0.3) is 0 Å². The number of hydrogen-bond donors (Lipinski definition) is 1. The number of nitrogens with one attached hydrogen (secondary N) is 1. The summed E-state index contributed by atoms with van der Waals surface area (Å²) >= 11 is 0. The fourth-order valence-electron chi connectivity index (χ4n) is 3.34. The Bertz CT molecular complexity index is 423. The summed E-state index contributed by atoms with van der Waals surface area (Å²) in [5.74, 6) is -0.321. The van der Waals surface area contributed by atoms with Crippen LogP contribution < -0.4 is 5.32 Å². The summed E-state index contributed by atoms with van der Waals surface area (Å²) in [6, 6.07) is -0.403. The number of rotatable bonds is 2. The van der Waals surface area contributed by atoms with Crippen LogP contribution in [0.4, 0.5) is 4.79 Å². The van der Waals surface area contributed by atoms with Crippen molar-refractivity contribution in [2.24, 2.45) is 0 Å². The molecule has 1 N–H and O–H groups in total. The molecule has 1 saturated carbocycles. The zero-order chi connectivity index (χ0) is 13.5. The highest BCUT2D eigenvalue weighted by Crippen LogP contribution is 2.34. The number of carbonyl (C=O) groups is 3. The van der Waals surface area contributed by atoms with Crippen molar-refractivity contribution >= 4 is 17.8 Å². The van der Waals surface area contributed by atoms with E-state index in [-0.39, 0.29) is 18.4 Å². The molecular formula is C13H19N3O3. The zero-order valence-corrected chi connectivity index (χ0v) is 11.0. The van der Waals surface area contributed by atoms with Crippen LogP contribution in [0.3, 0.4) is 0 Å². The maximum Gasteiger partial charge on any atom is 0.325 e.